The van der Waals surface area contributed by atoms with Gasteiger partial charge >= 0.3 is 0 Å². The summed E-state index contributed by atoms with van der Waals surface area (Å²) in [5.41, 5.74) is -0.506. The Balaban J connectivity index is 2.26. The van der Waals surface area contributed by atoms with Crippen LogP contribution in [0.1, 0.15) is 50.3 Å². The zero-order valence-corrected chi connectivity index (χ0v) is 14.8. The highest BCUT2D eigenvalue weighted by Crippen LogP contribution is 2.30. The molecule has 24 heavy (non-hydrogen) atoms. The van der Waals surface area contributed by atoms with Gasteiger partial charge in [0, 0.05) is 18.7 Å². The van der Waals surface area contributed by atoms with Gasteiger partial charge in [0.05, 0.1) is 5.25 Å². The molecule has 7 heteroatoms. The van der Waals surface area contributed by atoms with E-state index in [1.807, 2.05) is 0 Å². The van der Waals surface area contributed by atoms with Crippen LogP contribution in [0.25, 0.3) is 0 Å². The van der Waals surface area contributed by atoms with Crippen molar-refractivity contribution >= 4 is 15.7 Å². The first kappa shape index (κ1) is 18.8. The average Bonchev–Trinajstić information content (AvgIpc) is 2.82. The third kappa shape index (κ3) is 3.77. The van der Waals surface area contributed by atoms with Crippen LogP contribution in [0.3, 0.4) is 0 Å². The third-order valence-corrected chi connectivity index (χ3v) is 7.07. The van der Waals surface area contributed by atoms with Crippen LogP contribution >= 0.6 is 0 Å². The maximum absolute atomic E-state index is 13.9. The van der Waals surface area contributed by atoms with E-state index < -0.39 is 43.4 Å². The molecule has 0 unspecified atom stereocenters. The monoisotopic (exact) mass is 359 g/mol. The Morgan fingerprint density at radius 2 is 1.54 bits per heavy atom. The number of likely N-dealkylation sites (tertiary alicyclic amines) is 1. The third-order valence-electron chi connectivity index (χ3n) is 4.66. The largest absolute Gasteiger partial charge is 0.342 e. The lowest BCUT2D eigenvalue weighted by Crippen LogP contribution is -2.43. The van der Waals surface area contributed by atoms with Gasteiger partial charge in [-0.3, -0.25) is 4.79 Å². The van der Waals surface area contributed by atoms with E-state index in [0.29, 0.717) is 13.1 Å². The standard InChI is InChI=1S/C17H23F2NO3S/c1-12(16-14(18)8-7-9-15(16)19)24(22,23)13(2)17(21)20-10-5-3-4-6-11-20/h7-9,12-13H,3-6,10-11H2,1-2H3/t12-,13+/m1/s1. The highest BCUT2D eigenvalue weighted by atomic mass is 32.2. The van der Waals surface area contributed by atoms with Gasteiger partial charge in [-0.15, -0.1) is 0 Å². The Morgan fingerprint density at radius 1 is 1.04 bits per heavy atom. The quantitative estimate of drug-likeness (QED) is 0.829. The molecule has 0 spiro atoms. The van der Waals surface area contributed by atoms with Gasteiger partial charge in [0.2, 0.25) is 5.91 Å². The normalized spacial score (nSPS) is 18.8. The number of carbonyl (C=O) groups is 1. The molecule has 4 nitrogen and oxygen atoms in total. The molecule has 0 bridgehead atoms. The molecule has 0 aromatic heterocycles. The van der Waals surface area contributed by atoms with Crippen LogP contribution in [0.15, 0.2) is 18.2 Å². The molecule has 0 N–H and O–H groups in total. The molecule has 0 radical (unpaired) electrons. The minimum atomic E-state index is -4.07. The minimum Gasteiger partial charge on any atom is -0.342 e. The van der Waals surface area contributed by atoms with E-state index in [0.717, 1.165) is 37.8 Å². The summed E-state index contributed by atoms with van der Waals surface area (Å²) in [5.74, 6) is -2.32. The topological polar surface area (TPSA) is 54.5 Å². The molecule has 1 amide bonds. The molecule has 0 saturated carbocycles. The van der Waals surface area contributed by atoms with Crippen molar-refractivity contribution < 1.29 is 22.0 Å². The Morgan fingerprint density at radius 3 is 2.04 bits per heavy atom. The number of carbonyl (C=O) groups excluding carboxylic acids is 1. The molecule has 1 fully saturated rings. The summed E-state index contributed by atoms with van der Waals surface area (Å²) in [4.78, 5) is 14.1. The van der Waals surface area contributed by atoms with Crippen molar-refractivity contribution in [2.75, 3.05) is 13.1 Å². The lowest BCUT2D eigenvalue weighted by atomic mass is 10.1. The van der Waals surface area contributed by atoms with Crippen LogP contribution in [-0.4, -0.2) is 37.6 Å². The fourth-order valence-electron chi connectivity index (χ4n) is 3.06. The van der Waals surface area contributed by atoms with Gasteiger partial charge in [-0.1, -0.05) is 18.9 Å². The lowest BCUT2D eigenvalue weighted by molar-refractivity contribution is -0.130. The fraction of sp³-hybridized carbons (Fsp3) is 0.588. The van der Waals surface area contributed by atoms with Crippen LogP contribution < -0.4 is 0 Å². The maximum atomic E-state index is 13.9. The minimum absolute atomic E-state index is 0.486. The summed E-state index contributed by atoms with van der Waals surface area (Å²) < 4.78 is 53.3. The second-order valence-corrected chi connectivity index (χ2v) is 8.84. The van der Waals surface area contributed by atoms with Crippen LogP contribution in [0.4, 0.5) is 8.78 Å². The summed E-state index contributed by atoms with van der Waals surface area (Å²) in [6.45, 7) is 3.59. The van der Waals surface area contributed by atoms with Crippen molar-refractivity contribution in [1.29, 1.82) is 0 Å². The van der Waals surface area contributed by atoms with Gasteiger partial charge in [0.15, 0.2) is 9.84 Å². The van der Waals surface area contributed by atoms with E-state index in [1.54, 1.807) is 4.90 Å². The van der Waals surface area contributed by atoms with Crippen molar-refractivity contribution in [3.63, 3.8) is 0 Å². The van der Waals surface area contributed by atoms with Crippen LogP contribution in [0, 0.1) is 11.6 Å². The van der Waals surface area contributed by atoms with Crippen molar-refractivity contribution in [3.05, 3.63) is 35.4 Å². The molecule has 1 aliphatic heterocycles. The van der Waals surface area contributed by atoms with E-state index >= 15 is 0 Å². The number of nitrogens with zero attached hydrogens (tertiary/aromatic N) is 1. The number of hydrogen-bond acceptors (Lipinski definition) is 3. The van der Waals surface area contributed by atoms with Crippen molar-refractivity contribution in [2.45, 2.75) is 50.0 Å². The maximum Gasteiger partial charge on any atom is 0.240 e. The number of halogens is 2. The first-order valence-corrected chi connectivity index (χ1v) is 9.83. The molecule has 1 aromatic rings. The Labute approximate surface area is 141 Å². The van der Waals surface area contributed by atoms with E-state index in [4.69, 9.17) is 0 Å². The van der Waals surface area contributed by atoms with Gasteiger partial charge in [-0.2, -0.15) is 0 Å². The van der Waals surface area contributed by atoms with Crippen molar-refractivity contribution in [1.82, 2.24) is 4.90 Å². The van der Waals surface area contributed by atoms with Gasteiger partial charge < -0.3 is 4.90 Å². The van der Waals surface area contributed by atoms with Crippen molar-refractivity contribution in [3.8, 4) is 0 Å². The fourth-order valence-corrected chi connectivity index (χ4v) is 4.65. The second-order valence-electron chi connectivity index (χ2n) is 6.25. The summed E-state index contributed by atoms with van der Waals surface area (Å²) in [6, 6.07) is 3.22. The molecule has 1 saturated heterocycles. The number of rotatable bonds is 4. The van der Waals surface area contributed by atoms with E-state index in [1.165, 1.54) is 19.9 Å². The Hall–Kier alpha value is -1.50. The summed E-state index contributed by atoms with van der Waals surface area (Å²) >= 11 is 0. The molecule has 2 rings (SSSR count). The average molecular weight is 359 g/mol. The van der Waals surface area contributed by atoms with Crippen molar-refractivity contribution in [2.24, 2.45) is 0 Å². The van der Waals surface area contributed by atoms with E-state index in [2.05, 4.69) is 0 Å². The molecule has 1 heterocycles. The first-order chi connectivity index (χ1) is 11.3. The molecular formula is C17H23F2NO3S. The van der Waals surface area contributed by atoms with E-state index in [-0.39, 0.29) is 0 Å². The summed E-state index contributed by atoms with van der Waals surface area (Å²) in [6.07, 6.45) is 3.72. The molecule has 1 aliphatic rings. The number of hydrogen-bond donors (Lipinski definition) is 0. The zero-order chi connectivity index (χ0) is 17.9. The second kappa shape index (κ2) is 7.59. The highest BCUT2D eigenvalue weighted by Gasteiger charge is 2.38. The molecular weight excluding hydrogens is 336 g/mol. The summed E-state index contributed by atoms with van der Waals surface area (Å²) in [5, 5.41) is -2.76. The first-order valence-electron chi connectivity index (χ1n) is 8.22. The molecule has 0 aliphatic carbocycles. The molecule has 134 valence electrons. The number of benzene rings is 1. The van der Waals surface area contributed by atoms with E-state index in [9.17, 15) is 22.0 Å². The molecule has 1 aromatic carbocycles. The SMILES string of the molecule is C[C@H](c1c(F)cccc1F)S(=O)(=O)[C@@H](C)C(=O)N1CCCCCC1. The van der Waals surface area contributed by atoms with Crippen LogP contribution in [0.2, 0.25) is 0 Å². The van der Waals surface area contributed by atoms with Crippen LogP contribution in [-0.2, 0) is 14.6 Å². The number of sulfone groups is 1. The predicted molar refractivity (Wildman–Crippen MR) is 88.2 cm³/mol. The Kier molecular flexibility index (Phi) is 5.96. The van der Waals surface area contributed by atoms with Gasteiger partial charge in [0.25, 0.3) is 0 Å². The highest BCUT2D eigenvalue weighted by molar-refractivity contribution is 7.93. The predicted octanol–water partition coefficient (Wildman–Crippen LogP) is 3.23. The van der Waals surface area contributed by atoms with Gasteiger partial charge in [-0.05, 0) is 38.8 Å². The Bertz CT molecular complexity index is 678. The van der Waals surface area contributed by atoms with Crippen LogP contribution in [0.5, 0.6) is 0 Å². The zero-order valence-electron chi connectivity index (χ0n) is 14.0. The smallest absolute Gasteiger partial charge is 0.240 e. The molecule has 2 atom stereocenters. The summed E-state index contributed by atoms with van der Waals surface area (Å²) in [7, 11) is -4.07. The van der Waals surface area contributed by atoms with Gasteiger partial charge in [-0.25, -0.2) is 17.2 Å². The lowest BCUT2D eigenvalue weighted by Gasteiger charge is -2.26. The van der Waals surface area contributed by atoms with Gasteiger partial charge in [0.1, 0.15) is 16.9 Å². The number of amides is 1.